The summed E-state index contributed by atoms with van der Waals surface area (Å²) in [5.74, 6) is 5.73. The molecule has 0 radical (unpaired) electrons. The Bertz CT molecular complexity index is 334. The molecular weight excluding hydrogens is 252 g/mol. The fourth-order valence-corrected chi connectivity index (χ4v) is 1.54. The predicted molar refractivity (Wildman–Crippen MR) is 82.4 cm³/mol. The second kappa shape index (κ2) is 14.1. The first-order valence-corrected chi connectivity index (χ1v) is 7.62. The molecule has 114 valence electrons. The van der Waals surface area contributed by atoms with E-state index in [-0.39, 0.29) is 5.97 Å². The van der Waals surface area contributed by atoms with Gasteiger partial charge in [-0.3, -0.25) is 0 Å². The maximum atomic E-state index is 11.2. The highest BCUT2D eigenvalue weighted by Crippen LogP contribution is 2.00. The second-order valence-electron chi connectivity index (χ2n) is 4.66. The molecule has 0 aliphatic rings. The molecular formula is C17H28O3. The Morgan fingerprint density at radius 3 is 2.55 bits per heavy atom. The molecule has 0 saturated carbocycles. The predicted octanol–water partition coefficient (Wildman–Crippen LogP) is 3.88. The number of hydrogen-bond donors (Lipinski definition) is 0. The van der Waals surface area contributed by atoms with Crippen LogP contribution in [-0.4, -0.2) is 25.8 Å². The number of carbonyl (C=O) groups excluding carboxylic acids is 1. The van der Waals surface area contributed by atoms with Crippen LogP contribution in [0.1, 0.15) is 59.3 Å². The number of esters is 1. The van der Waals surface area contributed by atoms with E-state index in [0.717, 1.165) is 50.9 Å². The van der Waals surface area contributed by atoms with Crippen molar-refractivity contribution in [3.63, 3.8) is 0 Å². The molecule has 0 aliphatic carbocycles. The summed E-state index contributed by atoms with van der Waals surface area (Å²) >= 11 is 0. The van der Waals surface area contributed by atoms with E-state index in [2.05, 4.69) is 18.8 Å². The Morgan fingerprint density at radius 2 is 1.85 bits per heavy atom. The number of carbonyl (C=O) groups is 1. The monoisotopic (exact) mass is 280 g/mol. The molecule has 0 aromatic rings. The minimum atomic E-state index is -0.316. The number of rotatable bonds is 10. The molecule has 0 unspecified atom stereocenters. The molecule has 0 aromatic carbocycles. The van der Waals surface area contributed by atoms with E-state index in [1.54, 1.807) is 6.92 Å². The van der Waals surface area contributed by atoms with Crippen LogP contribution in [0.2, 0.25) is 0 Å². The molecule has 0 bridgehead atoms. The fourth-order valence-electron chi connectivity index (χ4n) is 1.54. The molecule has 0 aliphatic heterocycles. The van der Waals surface area contributed by atoms with Crippen LogP contribution in [0, 0.1) is 11.8 Å². The Morgan fingerprint density at radius 1 is 1.10 bits per heavy atom. The molecule has 0 fully saturated rings. The Hall–Kier alpha value is -1.27. The van der Waals surface area contributed by atoms with Crippen molar-refractivity contribution in [3.05, 3.63) is 11.6 Å². The molecule has 0 amide bonds. The lowest BCUT2D eigenvalue weighted by Crippen LogP contribution is -1.99. The summed E-state index contributed by atoms with van der Waals surface area (Å²) in [6.45, 7) is 7.92. The Balaban J connectivity index is 3.55. The molecule has 0 spiro atoms. The lowest BCUT2D eigenvalue weighted by atomic mass is 10.2. The molecule has 0 aromatic heterocycles. The number of allylic oxidation sites excluding steroid dienone is 1. The number of ether oxygens (including phenoxy) is 2. The standard InChI is InChI=1S/C17H28O3/c1-4-6-13-19-14-11-9-7-8-10-12-16(3)15-17(18)20-5-2/h15H,4-9,11,13-14H2,1-3H3/b16-15-. The molecule has 3 nitrogen and oxygen atoms in total. The highest BCUT2D eigenvalue weighted by molar-refractivity contribution is 5.83. The van der Waals surface area contributed by atoms with Gasteiger partial charge in [-0.05, 0) is 33.1 Å². The van der Waals surface area contributed by atoms with Crippen molar-refractivity contribution in [3.8, 4) is 11.8 Å². The smallest absolute Gasteiger partial charge is 0.331 e. The minimum Gasteiger partial charge on any atom is -0.463 e. The van der Waals surface area contributed by atoms with Crippen molar-refractivity contribution in [1.29, 1.82) is 0 Å². The molecule has 0 N–H and O–H groups in total. The maximum absolute atomic E-state index is 11.2. The summed E-state index contributed by atoms with van der Waals surface area (Å²) in [4.78, 5) is 11.2. The van der Waals surface area contributed by atoms with Crippen LogP contribution in [0.5, 0.6) is 0 Å². The zero-order valence-electron chi connectivity index (χ0n) is 13.2. The quantitative estimate of drug-likeness (QED) is 0.264. The molecule has 20 heavy (non-hydrogen) atoms. The van der Waals surface area contributed by atoms with Crippen LogP contribution in [0.3, 0.4) is 0 Å². The van der Waals surface area contributed by atoms with E-state index in [1.807, 2.05) is 6.92 Å². The average Bonchev–Trinajstić information content (AvgIpc) is 2.41. The summed E-state index contributed by atoms with van der Waals surface area (Å²) in [6, 6.07) is 0. The van der Waals surface area contributed by atoms with E-state index in [1.165, 1.54) is 12.5 Å². The average molecular weight is 280 g/mol. The van der Waals surface area contributed by atoms with Gasteiger partial charge in [-0.2, -0.15) is 0 Å². The molecule has 3 heteroatoms. The lowest BCUT2D eigenvalue weighted by molar-refractivity contribution is -0.137. The zero-order valence-corrected chi connectivity index (χ0v) is 13.2. The van der Waals surface area contributed by atoms with E-state index in [0.29, 0.717) is 6.61 Å². The second-order valence-corrected chi connectivity index (χ2v) is 4.66. The van der Waals surface area contributed by atoms with Gasteiger partial charge in [-0.15, -0.1) is 0 Å². The Labute approximate surface area is 123 Å². The lowest BCUT2D eigenvalue weighted by Gasteiger charge is -2.01. The van der Waals surface area contributed by atoms with Crippen LogP contribution in [-0.2, 0) is 14.3 Å². The largest absolute Gasteiger partial charge is 0.463 e. The maximum Gasteiger partial charge on any atom is 0.331 e. The van der Waals surface area contributed by atoms with Gasteiger partial charge in [0.2, 0.25) is 0 Å². The first-order valence-electron chi connectivity index (χ1n) is 7.62. The van der Waals surface area contributed by atoms with Gasteiger partial charge < -0.3 is 9.47 Å². The molecule has 0 saturated heterocycles. The minimum absolute atomic E-state index is 0.316. The van der Waals surface area contributed by atoms with E-state index in [9.17, 15) is 4.79 Å². The van der Waals surface area contributed by atoms with Crippen molar-refractivity contribution in [1.82, 2.24) is 0 Å². The number of unbranched alkanes of at least 4 members (excludes halogenated alkanes) is 4. The normalized spacial score (nSPS) is 10.8. The van der Waals surface area contributed by atoms with Crippen LogP contribution < -0.4 is 0 Å². The van der Waals surface area contributed by atoms with Gasteiger partial charge >= 0.3 is 5.97 Å². The van der Waals surface area contributed by atoms with Gasteiger partial charge in [0.1, 0.15) is 0 Å². The fraction of sp³-hybridized carbons (Fsp3) is 0.706. The zero-order chi connectivity index (χ0) is 15.1. The summed E-state index contributed by atoms with van der Waals surface area (Å²) in [5.41, 5.74) is 0.756. The summed E-state index contributed by atoms with van der Waals surface area (Å²) in [5, 5.41) is 0. The summed E-state index contributed by atoms with van der Waals surface area (Å²) < 4.78 is 10.3. The van der Waals surface area contributed by atoms with Crippen molar-refractivity contribution in [2.45, 2.75) is 59.3 Å². The van der Waals surface area contributed by atoms with Crippen LogP contribution in [0.15, 0.2) is 11.6 Å². The topological polar surface area (TPSA) is 35.5 Å². The van der Waals surface area contributed by atoms with Crippen LogP contribution in [0.25, 0.3) is 0 Å². The first kappa shape index (κ1) is 18.7. The van der Waals surface area contributed by atoms with Crippen LogP contribution in [0.4, 0.5) is 0 Å². The highest BCUT2D eigenvalue weighted by Gasteiger charge is 1.95. The third-order valence-corrected chi connectivity index (χ3v) is 2.64. The third-order valence-electron chi connectivity index (χ3n) is 2.64. The van der Waals surface area contributed by atoms with Gasteiger partial charge in [-0.1, -0.05) is 31.6 Å². The van der Waals surface area contributed by atoms with E-state index < -0.39 is 0 Å². The van der Waals surface area contributed by atoms with E-state index in [4.69, 9.17) is 9.47 Å². The molecule has 0 atom stereocenters. The SMILES string of the molecule is CCCCOCCCCCC#C/C(C)=C\C(=O)OCC. The first-order chi connectivity index (χ1) is 9.70. The van der Waals surface area contributed by atoms with Gasteiger partial charge in [0.15, 0.2) is 0 Å². The van der Waals surface area contributed by atoms with Crippen molar-refractivity contribution >= 4 is 5.97 Å². The van der Waals surface area contributed by atoms with Crippen molar-refractivity contribution in [2.75, 3.05) is 19.8 Å². The van der Waals surface area contributed by atoms with Crippen LogP contribution >= 0.6 is 0 Å². The molecule has 0 heterocycles. The molecule has 0 rings (SSSR count). The number of hydrogen-bond acceptors (Lipinski definition) is 3. The third kappa shape index (κ3) is 13.2. The summed E-state index contributed by atoms with van der Waals surface area (Å²) in [7, 11) is 0. The summed E-state index contributed by atoms with van der Waals surface area (Å²) in [6.07, 6.45) is 7.97. The van der Waals surface area contributed by atoms with Gasteiger partial charge in [0, 0.05) is 31.3 Å². The highest BCUT2D eigenvalue weighted by atomic mass is 16.5. The Kier molecular flexibility index (Phi) is 13.2. The van der Waals surface area contributed by atoms with Gasteiger partial charge in [0.25, 0.3) is 0 Å². The van der Waals surface area contributed by atoms with E-state index >= 15 is 0 Å². The van der Waals surface area contributed by atoms with Gasteiger partial charge in [-0.25, -0.2) is 4.79 Å². The van der Waals surface area contributed by atoms with Crippen molar-refractivity contribution in [2.24, 2.45) is 0 Å². The van der Waals surface area contributed by atoms with Crippen molar-refractivity contribution < 1.29 is 14.3 Å². The van der Waals surface area contributed by atoms with Gasteiger partial charge in [0.05, 0.1) is 6.61 Å².